The Labute approximate surface area is 253 Å². The topological polar surface area (TPSA) is 111 Å². The summed E-state index contributed by atoms with van der Waals surface area (Å²) in [5, 5.41) is 25.2. The number of phenols is 1. The lowest BCUT2D eigenvalue weighted by molar-refractivity contribution is -0.139. The van der Waals surface area contributed by atoms with E-state index >= 15 is 8.78 Å². The number of aromatic nitrogens is 2. The van der Waals surface area contributed by atoms with Crippen LogP contribution in [0.3, 0.4) is 0 Å². The lowest BCUT2D eigenvalue weighted by atomic mass is 9.95. The number of carboxylic acid groups (broad SMARTS) is 1. The molecule has 3 heterocycles. The van der Waals surface area contributed by atoms with Crippen molar-refractivity contribution in [3.8, 4) is 22.9 Å². The van der Waals surface area contributed by atoms with E-state index in [4.69, 9.17) is 9.72 Å². The zero-order valence-corrected chi connectivity index (χ0v) is 24.9. The first kappa shape index (κ1) is 28.7. The minimum atomic E-state index is -0.885. The van der Waals surface area contributed by atoms with Crippen LogP contribution in [0.15, 0.2) is 42.5 Å². The van der Waals surface area contributed by atoms with Gasteiger partial charge in [0.1, 0.15) is 22.9 Å². The minimum absolute atomic E-state index is 0.0435. The summed E-state index contributed by atoms with van der Waals surface area (Å²) in [7, 11) is 3.75. The van der Waals surface area contributed by atoms with E-state index in [0.29, 0.717) is 42.6 Å². The van der Waals surface area contributed by atoms with Crippen LogP contribution in [0.1, 0.15) is 26.2 Å². The van der Waals surface area contributed by atoms with Crippen LogP contribution in [0.5, 0.6) is 11.8 Å². The fourth-order valence-corrected chi connectivity index (χ4v) is 7.43. The number of carboxylic acids is 1. The molecule has 0 amide bonds. The normalized spacial score (nSPS) is 26.1. The molecule has 4 aromatic rings. The van der Waals surface area contributed by atoms with E-state index < -0.39 is 28.9 Å². The van der Waals surface area contributed by atoms with E-state index in [1.54, 1.807) is 30.3 Å². The van der Waals surface area contributed by atoms with Crippen molar-refractivity contribution < 1.29 is 28.5 Å². The third-order valence-corrected chi connectivity index (χ3v) is 9.44. The van der Waals surface area contributed by atoms with Gasteiger partial charge in [-0.15, -0.1) is 0 Å². The van der Waals surface area contributed by atoms with Crippen molar-refractivity contribution in [1.29, 1.82) is 0 Å². The van der Waals surface area contributed by atoms with Crippen LogP contribution in [-0.2, 0) is 4.79 Å². The number of nitrogens with one attached hydrogen (secondary N) is 1. The zero-order valence-electron chi connectivity index (χ0n) is 24.9. The first-order chi connectivity index (χ1) is 20.9. The van der Waals surface area contributed by atoms with Crippen molar-refractivity contribution in [1.82, 2.24) is 20.2 Å². The van der Waals surface area contributed by atoms with E-state index in [0.717, 1.165) is 12.8 Å². The molecule has 3 fully saturated rings. The molecule has 2 aliphatic heterocycles. The number of aromatic hydroxyl groups is 1. The van der Waals surface area contributed by atoms with Gasteiger partial charge in [0.2, 0.25) is 0 Å². The number of benzene rings is 3. The molecule has 3 aromatic carbocycles. The van der Waals surface area contributed by atoms with Crippen molar-refractivity contribution >= 4 is 33.5 Å². The van der Waals surface area contributed by atoms with Crippen LogP contribution in [-0.4, -0.2) is 83.0 Å². The van der Waals surface area contributed by atoms with Gasteiger partial charge < -0.3 is 30.1 Å². The molecule has 4 atom stereocenters. The van der Waals surface area contributed by atoms with Gasteiger partial charge in [0.25, 0.3) is 0 Å². The summed E-state index contributed by atoms with van der Waals surface area (Å²) in [6.45, 7) is 3.87. The van der Waals surface area contributed by atoms with Gasteiger partial charge in [0, 0.05) is 42.0 Å². The summed E-state index contributed by atoms with van der Waals surface area (Å²) in [6, 6.07) is 11.4. The molecule has 9 nitrogen and oxygen atoms in total. The van der Waals surface area contributed by atoms with Gasteiger partial charge in [-0.05, 0) is 74.8 Å². The average Bonchev–Trinajstić information content (AvgIpc) is 3.60. The van der Waals surface area contributed by atoms with Gasteiger partial charge in [-0.3, -0.25) is 4.79 Å². The number of hydrogen-bond acceptors (Lipinski definition) is 8. The van der Waals surface area contributed by atoms with Gasteiger partial charge in [-0.25, -0.2) is 8.78 Å². The zero-order chi connectivity index (χ0) is 31.0. The van der Waals surface area contributed by atoms with Crippen molar-refractivity contribution in [2.75, 3.05) is 45.2 Å². The lowest BCUT2D eigenvalue weighted by Crippen LogP contribution is -2.58. The van der Waals surface area contributed by atoms with Crippen LogP contribution in [0, 0.1) is 23.0 Å². The molecule has 11 heteroatoms. The number of fused-ring (bicyclic) bond motifs is 4. The highest BCUT2D eigenvalue weighted by Gasteiger charge is 2.59. The summed E-state index contributed by atoms with van der Waals surface area (Å²) in [5.41, 5.74) is -0.985. The van der Waals surface area contributed by atoms with E-state index in [1.807, 2.05) is 23.9 Å². The third-order valence-electron chi connectivity index (χ3n) is 9.44. The first-order valence-corrected chi connectivity index (χ1v) is 14.9. The van der Waals surface area contributed by atoms with E-state index in [2.05, 4.69) is 17.2 Å². The minimum Gasteiger partial charge on any atom is -0.508 e. The summed E-state index contributed by atoms with van der Waals surface area (Å²) in [5.74, 6) is -2.86. The van der Waals surface area contributed by atoms with E-state index in [9.17, 15) is 15.0 Å². The highest BCUT2D eigenvalue weighted by molar-refractivity contribution is 6.01. The Kier molecular flexibility index (Phi) is 6.67. The van der Waals surface area contributed by atoms with Gasteiger partial charge in [-0.2, -0.15) is 9.97 Å². The van der Waals surface area contributed by atoms with E-state index in [-0.39, 0.29) is 52.0 Å². The Morgan fingerprint density at radius 2 is 1.98 bits per heavy atom. The molecule has 0 spiro atoms. The number of phenolic OH excluding ortho intramolecular Hbond substituents is 1. The number of carbonyl (C=O) groups is 1. The van der Waals surface area contributed by atoms with Crippen molar-refractivity contribution in [3.63, 3.8) is 0 Å². The molecule has 3 N–H and O–H groups in total. The molecule has 1 aromatic heterocycles. The number of aliphatic carboxylic acids is 1. The second kappa shape index (κ2) is 10.2. The number of halogens is 2. The predicted octanol–water partition coefficient (Wildman–Crippen LogP) is 4.80. The molecule has 1 aliphatic carbocycles. The molecule has 3 aliphatic rings. The molecule has 7 rings (SSSR count). The highest BCUT2D eigenvalue weighted by atomic mass is 19.1. The lowest BCUT2D eigenvalue weighted by Gasteiger charge is -2.40. The second-order valence-electron chi connectivity index (χ2n) is 13.3. The van der Waals surface area contributed by atoms with Crippen molar-refractivity contribution in [2.45, 2.75) is 37.8 Å². The number of nitrogens with zero attached hydrogens (tertiary/aromatic N) is 4. The molecular formula is C33H35F2N5O4. The summed E-state index contributed by atoms with van der Waals surface area (Å²) < 4.78 is 38.9. The molecule has 2 bridgehead atoms. The Balaban J connectivity index is 1.37. The van der Waals surface area contributed by atoms with Crippen LogP contribution in [0.4, 0.5) is 14.6 Å². The summed E-state index contributed by atoms with van der Waals surface area (Å²) >= 11 is 0. The SMILES string of the molecule is CN(C)CC1(COc2nc(N3C[C@H]4CC[C@](C)(C3)N4)c3cc(F)c(-c4cc(O)cc5ccccc45)c(F)c3n2)CC1C(=O)O. The molecule has 1 saturated carbocycles. The molecular weight excluding hydrogens is 568 g/mol. The highest BCUT2D eigenvalue weighted by Crippen LogP contribution is 2.53. The molecule has 230 valence electrons. The molecule has 2 saturated heterocycles. The first-order valence-electron chi connectivity index (χ1n) is 14.9. The summed E-state index contributed by atoms with van der Waals surface area (Å²) in [6.07, 6.45) is 2.41. The number of piperazine rings is 1. The Morgan fingerprint density at radius 3 is 2.70 bits per heavy atom. The van der Waals surface area contributed by atoms with Crippen LogP contribution >= 0.6 is 0 Å². The molecule has 44 heavy (non-hydrogen) atoms. The monoisotopic (exact) mass is 603 g/mol. The average molecular weight is 604 g/mol. The number of ether oxygens (including phenoxy) is 1. The van der Waals surface area contributed by atoms with Gasteiger partial charge in [0.05, 0.1) is 18.1 Å². The van der Waals surface area contributed by atoms with Gasteiger partial charge >= 0.3 is 12.0 Å². The molecule has 2 unspecified atom stereocenters. The number of hydrogen-bond donors (Lipinski definition) is 3. The third kappa shape index (κ3) is 4.88. The standard InChI is InChI=1S/C33H35F2N5O4/c1-32-9-8-19(38-32)14-40(15-32)29-23-12-25(34)26(22-11-20(41)10-18-6-4-5-7-21(18)22)27(35)28(23)36-31(37-29)44-17-33(16-39(2)3)13-24(33)30(42)43/h4-7,10-12,19,24,38,41H,8-9,13-17H2,1-3H3,(H,42,43)/t19-,24?,32-,33?/m1/s1. The maximum atomic E-state index is 16.7. The number of anilines is 1. The van der Waals surface area contributed by atoms with Crippen LogP contribution in [0.25, 0.3) is 32.8 Å². The fourth-order valence-electron chi connectivity index (χ4n) is 7.43. The van der Waals surface area contributed by atoms with Crippen molar-refractivity contribution in [3.05, 3.63) is 54.1 Å². The van der Waals surface area contributed by atoms with Gasteiger partial charge in [0.15, 0.2) is 5.82 Å². The van der Waals surface area contributed by atoms with Crippen LogP contribution in [0.2, 0.25) is 0 Å². The maximum Gasteiger partial charge on any atom is 0.319 e. The smallest absolute Gasteiger partial charge is 0.319 e. The fraction of sp³-hybridized carbons (Fsp3) is 0.424. The predicted molar refractivity (Wildman–Crippen MR) is 163 cm³/mol. The Bertz CT molecular complexity index is 1820. The number of rotatable bonds is 8. The van der Waals surface area contributed by atoms with Gasteiger partial charge in [-0.1, -0.05) is 24.3 Å². The van der Waals surface area contributed by atoms with Crippen molar-refractivity contribution in [2.24, 2.45) is 11.3 Å². The Morgan fingerprint density at radius 1 is 1.18 bits per heavy atom. The van der Waals surface area contributed by atoms with Crippen LogP contribution < -0.4 is 15.0 Å². The quantitative estimate of drug-likeness (QED) is 0.262. The molecule has 0 radical (unpaired) electrons. The second-order valence-corrected chi connectivity index (χ2v) is 13.3. The Hall–Kier alpha value is -4.09. The van der Waals surface area contributed by atoms with E-state index in [1.165, 1.54) is 12.1 Å². The largest absolute Gasteiger partial charge is 0.508 e. The summed E-state index contributed by atoms with van der Waals surface area (Å²) in [4.78, 5) is 25.0. The maximum absolute atomic E-state index is 16.7.